The molecule has 200 valence electrons. The van der Waals surface area contributed by atoms with E-state index in [4.69, 9.17) is 4.98 Å². The third-order valence-corrected chi connectivity index (χ3v) is 9.98. The first kappa shape index (κ1) is 23.3. The van der Waals surface area contributed by atoms with Crippen LogP contribution >= 0.6 is 11.3 Å². The summed E-state index contributed by atoms with van der Waals surface area (Å²) in [5, 5.41) is 0. The molecule has 0 N–H and O–H groups in total. The molecule has 0 spiro atoms. The van der Waals surface area contributed by atoms with E-state index in [2.05, 4.69) is 154 Å². The van der Waals surface area contributed by atoms with Gasteiger partial charge in [0.25, 0.3) is 6.71 Å². The number of para-hydroxylation sites is 5. The van der Waals surface area contributed by atoms with Gasteiger partial charge in [-0.25, -0.2) is 4.98 Å². The van der Waals surface area contributed by atoms with E-state index in [1.165, 1.54) is 55.0 Å². The van der Waals surface area contributed by atoms with Crippen molar-refractivity contribution in [2.75, 3.05) is 9.80 Å². The van der Waals surface area contributed by atoms with E-state index in [0.717, 1.165) is 21.7 Å². The van der Waals surface area contributed by atoms with Gasteiger partial charge >= 0.3 is 0 Å². The summed E-state index contributed by atoms with van der Waals surface area (Å²) >= 11 is 1.77. The first-order valence-corrected chi connectivity index (χ1v) is 15.4. The number of thiazole rings is 1. The summed E-state index contributed by atoms with van der Waals surface area (Å²) < 4.78 is 3.58. The van der Waals surface area contributed by atoms with Crippen LogP contribution in [0.25, 0.3) is 26.2 Å². The van der Waals surface area contributed by atoms with Gasteiger partial charge in [0.05, 0.1) is 21.3 Å². The summed E-state index contributed by atoms with van der Waals surface area (Å²) in [5.74, 6) is 0. The third-order valence-electron chi connectivity index (χ3n) is 8.98. The molecule has 0 fully saturated rings. The molecule has 2 aliphatic heterocycles. The van der Waals surface area contributed by atoms with Gasteiger partial charge in [-0.2, -0.15) is 0 Å². The quantitative estimate of drug-likeness (QED) is 0.200. The summed E-state index contributed by atoms with van der Waals surface area (Å²) in [7, 11) is 0. The molecule has 4 nitrogen and oxygen atoms in total. The first-order chi connectivity index (χ1) is 21.3. The number of hydrogen-bond acceptors (Lipinski definition) is 4. The fourth-order valence-electron chi connectivity index (χ4n) is 7.27. The minimum absolute atomic E-state index is 0.105. The van der Waals surface area contributed by atoms with Gasteiger partial charge in [-0.05, 0) is 83.1 Å². The molecule has 8 aromatic rings. The molecule has 0 saturated heterocycles. The van der Waals surface area contributed by atoms with Crippen LogP contribution in [0.3, 0.4) is 0 Å². The van der Waals surface area contributed by atoms with Crippen molar-refractivity contribution < 1.29 is 0 Å². The number of rotatable bonds is 2. The number of nitrogens with zero attached hydrogens (tertiary/aromatic N) is 4. The van der Waals surface area contributed by atoms with Gasteiger partial charge in [0.2, 0.25) is 0 Å². The molecule has 6 heteroatoms. The summed E-state index contributed by atoms with van der Waals surface area (Å²) in [6.07, 6.45) is 0. The molecular weight excluding hydrogens is 543 g/mol. The number of fused-ring (bicyclic) bond motifs is 9. The van der Waals surface area contributed by atoms with Crippen molar-refractivity contribution in [1.29, 1.82) is 0 Å². The lowest BCUT2D eigenvalue weighted by molar-refractivity contribution is 1.25. The Labute approximate surface area is 252 Å². The van der Waals surface area contributed by atoms with Crippen LogP contribution in [0.15, 0.2) is 140 Å². The van der Waals surface area contributed by atoms with Crippen LogP contribution in [-0.2, 0) is 0 Å². The molecule has 0 unspecified atom stereocenters. The maximum absolute atomic E-state index is 5.00. The molecule has 0 aliphatic carbocycles. The maximum Gasteiger partial charge on any atom is 0.252 e. The molecule has 4 heterocycles. The SMILES string of the molecule is c1ccc(N2c3ccccc3B3c4cc5sc6nc7ccccc7n6c5cc4N(c4ccccc4)c4cccc2c43)cc1. The average molecular weight is 566 g/mol. The van der Waals surface area contributed by atoms with E-state index in [1.54, 1.807) is 11.3 Å². The Morgan fingerprint density at radius 1 is 0.512 bits per heavy atom. The third kappa shape index (κ3) is 3.13. The number of imidazole rings is 1. The van der Waals surface area contributed by atoms with E-state index in [0.29, 0.717) is 0 Å². The second kappa shape index (κ2) is 8.60. The van der Waals surface area contributed by atoms with Crippen LogP contribution in [0.5, 0.6) is 0 Å². The summed E-state index contributed by atoms with van der Waals surface area (Å²) in [5.41, 5.74) is 14.6. The summed E-state index contributed by atoms with van der Waals surface area (Å²) in [6, 6.07) is 50.5. The van der Waals surface area contributed by atoms with Gasteiger partial charge in [0.1, 0.15) is 0 Å². The molecule has 0 saturated carbocycles. The van der Waals surface area contributed by atoms with Crippen LogP contribution in [0.4, 0.5) is 34.1 Å². The lowest BCUT2D eigenvalue weighted by Crippen LogP contribution is -2.61. The highest BCUT2D eigenvalue weighted by Gasteiger charge is 2.43. The minimum atomic E-state index is 0.105. The highest BCUT2D eigenvalue weighted by Crippen LogP contribution is 2.45. The summed E-state index contributed by atoms with van der Waals surface area (Å²) in [4.78, 5) is 10.9. The molecule has 2 aliphatic rings. The van der Waals surface area contributed by atoms with Crippen LogP contribution in [0.1, 0.15) is 0 Å². The Balaban J connectivity index is 1.33. The van der Waals surface area contributed by atoms with Gasteiger partial charge in [0.15, 0.2) is 4.96 Å². The second-order valence-corrected chi connectivity index (χ2v) is 12.3. The Hall–Kier alpha value is -5.33. The molecule has 2 aromatic heterocycles. The first-order valence-electron chi connectivity index (χ1n) is 14.6. The maximum atomic E-state index is 5.00. The lowest BCUT2D eigenvalue weighted by Gasteiger charge is -2.44. The van der Waals surface area contributed by atoms with Crippen molar-refractivity contribution in [3.05, 3.63) is 140 Å². The lowest BCUT2D eigenvalue weighted by atomic mass is 9.33. The Bertz CT molecular complexity index is 2380. The number of benzene rings is 6. The van der Waals surface area contributed by atoms with Crippen molar-refractivity contribution in [2.45, 2.75) is 0 Å². The fourth-order valence-corrected chi connectivity index (χ4v) is 8.34. The number of anilines is 6. The Kier molecular flexibility index (Phi) is 4.65. The van der Waals surface area contributed by atoms with Crippen molar-refractivity contribution in [2.24, 2.45) is 0 Å². The highest BCUT2D eigenvalue weighted by molar-refractivity contribution is 7.23. The molecule has 0 radical (unpaired) electrons. The highest BCUT2D eigenvalue weighted by atomic mass is 32.1. The predicted octanol–water partition coefficient (Wildman–Crippen LogP) is 7.78. The second-order valence-electron chi connectivity index (χ2n) is 11.2. The van der Waals surface area contributed by atoms with Gasteiger partial charge in [0, 0.05) is 34.1 Å². The van der Waals surface area contributed by atoms with E-state index in [1.807, 2.05) is 0 Å². The largest absolute Gasteiger partial charge is 0.311 e. The van der Waals surface area contributed by atoms with Crippen LogP contribution in [0, 0.1) is 0 Å². The van der Waals surface area contributed by atoms with Crippen molar-refractivity contribution in [1.82, 2.24) is 9.38 Å². The van der Waals surface area contributed by atoms with Crippen LogP contribution < -0.4 is 26.2 Å². The fraction of sp³-hybridized carbons (Fsp3) is 0. The Morgan fingerprint density at radius 2 is 1.14 bits per heavy atom. The minimum Gasteiger partial charge on any atom is -0.311 e. The van der Waals surface area contributed by atoms with Crippen molar-refractivity contribution in [3.63, 3.8) is 0 Å². The zero-order valence-electron chi connectivity index (χ0n) is 23.1. The van der Waals surface area contributed by atoms with E-state index >= 15 is 0 Å². The Morgan fingerprint density at radius 3 is 1.91 bits per heavy atom. The van der Waals surface area contributed by atoms with Crippen molar-refractivity contribution in [3.8, 4) is 0 Å². The van der Waals surface area contributed by atoms with Gasteiger partial charge in [-0.15, -0.1) is 0 Å². The standard InChI is InChI=1S/C37H23BN4S/c1-3-12-24(13-4-1)40-29-18-9-7-16-26(29)38-27-22-35-34(42-30-19-10-8-17-28(30)39-37(42)43-35)23-33(27)41(25-14-5-2-6-15-25)32-21-11-20-31(40)36(32)38/h1-23H. The smallest absolute Gasteiger partial charge is 0.252 e. The number of aromatic nitrogens is 2. The molecular formula is C37H23BN4S. The van der Waals surface area contributed by atoms with E-state index in [9.17, 15) is 0 Å². The zero-order valence-corrected chi connectivity index (χ0v) is 23.9. The van der Waals surface area contributed by atoms with Gasteiger partial charge < -0.3 is 9.80 Å². The summed E-state index contributed by atoms with van der Waals surface area (Å²) in [6.45, 7) is 0.105. The van der Waals surface area contributed by atoms with Gasteiger partial charge in [-0.1, -0.05) is 84.1 Å². The number of hydrogen-bond donors (Lipinski definition) is 0. The van der Waals surface area contributed by atoms with E-state index < -0.39 is 0 Å². The van der Waals surface area contributed by atoms with Crippen LogP contribution in [0.2, 0.25) is 0 Å². The molecule has 0 amide bonds. The topological polar surface area (TPSA) is 23.8 Å². The normalized spacial score (nSPS) is 13.4. The molecule has 43 heavy (non-hydrogen) atoms. The molecule has 0 bridgehead atoms. The van der Waals surface area contributed by atoms with Crippen molar-refractivity contribution >= 4 is 94.8 Å². The van der Waals surface area contributed by atoms with Gasteiger partial charge in [-0.3, -0.25) is 4.40 Å². The molecule has 6 aromatic carbocycles. The average Bonchev–Trinajstić information content (AvgIpc) is 3.60. The monoisotopic (exact) mass is 566 g/mol. The zero-order chi connectivity index (χ0) is 28.1. The molecule has 10 rings (SSSR count). The van der Waals surface area contributed by atoms with E-state index in [-0.39, 0.29) is 6.71 Å². The molecule has 0 atom stereocenters. The van der Waals surface area contributed by atoms with Crippen LogP contribution in [-0.4, -0.2) is 16.1 Å². The predicted molar refractivity (Wildman–Crippen MR) is 182 cm³/mol.